The molecule has 0 amide bonds. The van der Waals surface area contributed by atoms with Crippen molar-refractivity contribution in [3.63, 3.8) is 0 Å². The average molecular weight is 212 g/mol. The second kappa shape index (κ2) is 3.45. The quantitative estimate of drug-likeness (QED) is 0.701. The molecule has 0 saturated carbocycles. The van der Waals surface area contributed by atoms with E-state index in [1.165, 1.54) is 16.7 Å². The smallest absolute Gasteiger partial charge is 0.255 e. The molecule has 1 aromatic heterocycles. The molecule has 16 heavy (non-hydrogen) atoms. The third kappa shape index (κ3) is 1.29. The van der Waals surface area contributed by atoms with Gasteiger partial charge in [0.1, 0.15) is 0 Å². The lowest BCUT2D eigenvalue weighted by molar-refractivity contribution is 0.995. The molecule has 0 radical (unpaired) electrons. The standard InChI is InChI=1S/C13H10N2O/c16-12-6-1-2-9-15(12)11-5-3-4-10-7-8-14-13(10)11/h1-3,5-9H,4H2/i4D2. The Morgan fingerprint density at radius 2 is 2.38 bits per heavy atom. The molecule has 0 saturated heterocycles. The van der Waals surface area contributed by atoms with Crippen molar-refractivity contribution in [3.8, 4) is 0 Å². The Morgan fingerprint density at radius 3 is 3.25 bits per heavy atom. The number of fused-ring (bicyclic) bond motifs is 1. The first-order valence-electron chi connectivity index (χ1n) is 5.96. The van der Waals surface area contributed by atoms with Crippen LogP contribution < -0.4 is 5.56 Å². The molecular formula is C13H10N2O. The molecular weight excluding hydrogens is 200 g/mol. The van der Waals surface area contributed by atoms with Crippen LogP contribution in [0.25, 0.3) is 5.70 Å². The maximum Gasteiger partial charge on any atom is 0.255 e. The van der Waals surface area contributed by atoms with Gasteiger partial charge in [0, 0.05) is 21.2 Å². The lowest BCUT2D eigenvalue weighted by Gasteiger charge is -2.14. The number of hydrogen-bond acceptors (Lipinski definition) is 2. The second-order valence-corrected chi connectivity index (χ2v) is 3.48. The molecule has 3 nitrogen and oxygen atoms in total. The summed E-state index contributed by atoms with van der Waals surface area (Å²) >= 11 is 0. The number of aromatic nitrogens is 1. The summed E-state index contributed by atoms with van der Waals surface area (Å²) in [5, 5.41) is 0. The van der Waals surface area contributed by atoms with E-state index in [0.29, 0.717) is 17.0 Å². The molecule has 0 atom stereocenters. The molecule has 1 aromatic rings. The van der Waals surface area contributed by atoms with E-state index in [2.05, 4.69) is 4.99 Å². The number of rotatable bonds is 1. The zero-order valence-electron chi connectivity index (χ0n) is 10.4. The minimum absolute atomic E-state index is 0.159. The SMILES string of the molecule is [2H]C1([2H])C=CC(n2ccccc2=O)=C2N=CC=C21. The topological polar surface area (TPSA) is 34.4 Å². The maximum absolute atomic E-state index is 11.8. The zero-order chi connectivity index (χ0) is 12.8. The predicted molar refractivity (Wildman–Crippen MR) is 64.2 cm³/mol. The number of nitrogens with zero attached hydrogens (tertiary/aromatic N) is 2. The summed E-state index contributed by atoms with van der Waals surface area (Å²) in [4.78, 5) is 16.0. The van der Waals surface area contributed by atoms with E-state index in [9.17, 15) is 4.79 Å². The van der Waals surface area contributed by atoms with Gasteiger partial charge in [-0.25, -0.2) is 0 Å². The monoisotopic (exact) mass is 212 g/mol. The number of allylic oxidation sites excluding steroid dienone is 5. The van der Waals surface area contributed by atoms with Gasteiger partial charge in [0.2, 0.25) is 0 Å². The van der Waals surface area contributed by atoms with Crippen LogP contribution in [0.5, 0.6) is 0 Å². The van der Waals surface area contributed by atoms with Crippen molar-refractivity contribution in [1.82, 2.24) is 4.57 Å². The lowest BCUT2D eigenvalue weighted by Crippen LogP contribution is -2.18. The summed E-state index contributed by atoms with van der Waals surface area (Å²) in [5.74, 6) is 0. The summed E-state index contributed by atoms with van der Waals surface area (Å²) in [6.45, 7) is 0. The molecule has 0 N–H and O–H groups in total. The van der Waals surface area contributed by atoms with Crippen LogP contribution in [-0.4, -0.2) is 10.8 Å². The summed E-state index contributed by atoms with van der Waals surface area (Å²) < 4.78 is 17.2. The van der Waals surface area contributed by atoms with E-state index in [-0.39, 0.29) is 5.56 Å². The first kappa shape index (κ1) is 7.17. The van der Waals surface area contributed by atoms with Crippen LogP contribution in [0, 0.1) is 0 Å². The Morgan fingerprint density at radius 1 is 1.44 bits per heavy atom. The first-order chi connectivity index (χ1) is 8.59. The Kier molecular flexibility index (Phi) is 1.55. The van der Waals surface area contributed by atoms with Crippen molar-refractivity contribution >= 4 is 11.9 Å². The summed E-state index contributed by atoms with van der Waals surface area (Å²) in [5.41, 5.74) is 1.47. The Balaban J connectivity index is 2.24. The molecule has 1 aliphatic carbocycles. The van der Waals surface area contributed by atoms with Gasteiger partial charge in [-0.3, -0.25) is 14.4 Å². The molecule has 0 aromatic carbocycles. The number of pyridine rings is 1. The van der Waals surface area contributed by atoms with Gasteiger partial charge >= 0.3 is 0 Å². The molecule has 78 valence electrons. The normalized spacial score (nSPS) is 22.6. The maximum atomic E-state index is 11.8. The van der Waals surface area contributed by atoms with Crippen molar-refractivity contribution in [2.24, 2.45) is 4.99 Å². The molecule has 2 heterocycles. The van der Waals surface area contributed by atoms with Gasteiger partial charge in [-0.1, -0.05) is 12.1 Å². The average Bonchev–Trinajstić information content (AvgIpc) is 2.81. The van der Waals surface area contributed by atoms with Crippen LogP contribution in [0.1, 0.15) is 9.11 Å². The van der Waals surface area contributed by atoms with Crippen LogP contribution in [0.4, 0.5) is 0 Å². The number of aliphatic imine (C=N–C) groups is 1. The fourth-order valence-electron chi connectivity index (χ4n) is 1.77. The first-order valence-corrected chi connectivity index (χ1v) is 4.96. The van der Waals surface area contributed by atoms with E-state index in [4.69, 9.17) is 2.74 Å². The summed E-state index contributed by atoms with van der Waals surface area (Å²) in [6.07, 6.45) is 6.38. The highest BCUT2D eigenvalue weighted by molar-refractivity contribution is 5.85. The van der Waals surface area contributed by atoms with Crippen molar-refractivity contribution in [3.05, 3.63) is 64.2 Å². The number of hydrogen-bond donors (Lipinski definition) is 0. The van der Waals surface area contributed by atoms with Gasteiger partial charge in [-0.05, 0) is 30.2 Å². The van der Waals surface area contributed by atoms with Gasteiger partial charge in [0.25, 0.3) is 5.56 Å². The fraction of sp³-hybridized carbons (Fsp3) is 0.0769. The van der Waals surface area contributed by atoms with Gasteiger partial charge in [-0.15, -0.1) is 0 Å². The highest BCUT2D eigenvalue weighted by Crippen LogP contribution is 2.29. The highest BCUT2D eigenvalue weighted by Gasteiger charge is 2.16. The van der Waals surface area contributed by atoms with Crippen LogP contribution in [0.15, 0.2) is 63.7 Å². The van der Waals surface area contributed by atoms with E-state index >= 15 is 0 Å². The third-order valence-corrected chi connectivity index (χ3v) is 2.50. The molecule has 1 aliphatic heterocycles. The van der Waals surface area contributed by atoms with Gasteiger partial charge in [0.15, 0.2) is 0 Å². The molecule has 0 fully saturated rings. The Bertz CT molecular complexity index is 693. The van der Waals surface area contributed by atoms with Crippen molar-refractivity contribution < 1.29 is 2.74 Å². The van der Waals surface area contributed by atoms with E-state index < -0.39 is 6.37 Å². The van der Waals surface area contributed by atoms with Gasteiger partial charge in [0.05, 0.1) is 11.4 Å². The molecule has 0 spiro atoms. The highest BCUT2D eigenvalue weighted by atomic mass is 16.1. The van der Waals surface area contributed by atoms with Crippen LogP contribution in [0.2, 0.25) is 0 Å². The van der Waals surface area contributed by atoms with Crippen molar-refractivity contribution in [1.29, 1.82) is 0 Å². The molecule has 3 rings (SSSR count). The molecule has 2 aliphatic rings. The zero-order valence-corrected chi connectivity index (χ0v) is 8.42. The van der Waals surface area contributed by atoms with E-state index in [0.717, 1.165) is 0 Å². The van der Waals surface area contributed by atoms with Gasteiger partial charge in [-0.2, -0.15) is 0 Å². The van der Waals surface area contributed by atoms with Gasteiger partial charge < -0.3 is 0 Å². The van der Waals surface area contributed by atoms with E-state index in [1.807, 2.05) is 0 Å². The Labute approximate surface area is 95.6 Å². The minimum atomic E-state index is -1.53. The third-order valence-electron chi connectivity index (χ3n) is 2.50. The largest absolute Gasteiger partial charge is 0.282 e. The van der Waals surface area contributed by atoms with Crippen LogP contribution in [-0.2, 0) is 0 Å². The Hall–Kier alpha value is -2.16. The summed E-state index contributed by atoms with van der Waals surface area (Å²) in [6, 6.07) is 4.89. The van der Waals surface area contributed by atoms with Crippen LogP contribution in [0.3, 0.4) is 0 Å². The summed E-state index contributed by atoms with van der Waals surface area (Å²) in [7, 11) is 0. The van der Waals surface area contributed by atoms with Crippen molar-refractivity contribution in [2.75, 3.05) is 0 Å². The van der Waals surface area contributed by atoms with Crippen molar-refractivity contribution in [2.45, 2.75) is 6.37 Å². The molecule has 0 bridgehead atoms. The fourth-order valence-corrected chi connectivity index (χ4v) is 1.77. The second-order valence-electron chi connectivity index (χ2n) is 3.48. The predicted octanol–water partition coefficient (Wildman–Crippen LogP) is 1.99. The molecule has 0 unspecified atom stereocenters. The molecule has 3 heteroatoms. The van der Waals surface area contributed by atoms with E-state index in [1.54, 1.807) is 36.7 Å². The minimum Gasteiger partial charge on any atom is -0.282 e. The lowest BCUT2D eigenvalue weighted by atomic mass is 10.0. The van der Waals surface area contributed by atoms with Crippen LogP contribution >= 0.6 is 0 Å².